The van der Waals surface area contributed by atoms with Crippen molar-refractivity contribution in [3.05, 3.63) is 29.8 Å². The highest BCUT2D eigenvalue weighted by atomic mass is 15.2. The molecule has 0 radical (unpaired) electrons. The summed E-state index contributed by atoms with van der Waals surface area (Å²) in [6.45, 7) is 4.72. The van der Waals surface area contributed by atoms with Gasteiger partial charge in [0.15, 0.2) is 0 Å². The third-order valence-electron chi connectivity index (χ3n) is 4.71. The minimum absolute atomic E-state index is 0.670. The quantitative estimate of drug-likeness (QED) is 0.815. The van der Waals surface area contributed by atoms with Crippen LogP contribution in [0, 0.1) is 0 Å². The fourth-order valence-electron chi connectivity index (χ4n) is 3.66. The molecule has 0 bridgehead atoms. The predicted octanol–water partition coefficient (Wildman–Crippen LogP) is 3.36. The Labute approximate surface area is 117 Å². The Morgan fingerprint density at radius 2 is 2.00 bits per heavy atom. The first-order valence-corrected chi connectivity index (χ1v) is 7.92. The number of anilines is 1. The van der Waals surface area contributed by atoms with Gasteiger partial charge in [0, 0.05) is 24.3 Å². The lowest BCUT2D eigenvalue weighted by Gasteiger charge is -2.25. The summed E-state index contributed by atoms with van der Waals surface area (Å²) < 4.78 is 0. The summed E-state index contributed by atoms with van der Waals surface area (Å²) in [5, 5.41) is 3.72. The maximum Gasteiger partial charge on any atom is 0.0402 e. The van der Waals surface area contributed by atoms with Crippen LogP contribution in [-0.4, -0.2) is 25.2 Å². The van der Waals surface area contributed by atoms with E-state index in [1.54, 1.807) is 0 Å². The summed E-state index contributed by atoms with van der Waals surface area (Å²) in [5.41, 5.74) is 3.00. The van der Waals surface area contributed by atoms with E-state index >= 15 is 0 Å². The average Bonchev–Trinajstić information content (AvgIpc) is 3.02. The third-order valence-corrected chi connectivity index (χ3v) is 4.71. The first-order valence-electron chi connectivity index (χ1n) is 7.92. The normalized spacial score (nSPS) is 23.0. The van der Waals surface area contributed by atoms with Crippen molar-refractivity contribution in [2.75, 3.05) is 18.0 Å². The number of hydrogen-bond acceptors (Lipinski definition) is 2. The second-order valence-electron chi connectivity index (χ2n) is 6.16. The molecule has 0 saturated heterocycles. The van der Waals surface area contributed by atoms with E-state index in [9.17, 15) is 0 Å². The van der Waals surface area contributed by atoms with Crippen molar-refractivity contribution in [2.45, 2.75) is 57.5 Å². The van der Waals surface area contributed by atoms with Gasteiger partial charge in [-0.3, -0.25) is 0 Å². The highest BCUT2D eigenvalue weighted by Gasteiger charge is 2.24. The largest absolute Gasteiger partial charge is 0.368 e. The van der Waals surface area contributed by atoms with Gasteiger partial charge in [-0.1, -0.05) is 31.0 Å². The lowest BCUT2D eigenvalue weighted by molar-refractivity contribution is 0.509. The van der Waals surface area contributed by atoms with Gasteiger partial charge < -0.3 is 10.2 Å². The van der Waals surface area contributed by atoms with E-state index in [1.807, 2.05) is 0 Å². The van der Waals surface area contributed by atoms with Crippen molar-refractivity contribution >= 4 is 5.69 Å². The van der Waals surface area contributed by atoms with Crippen molar-refractivity contribution in [1.29, 1.82) is 0 Å². The average molecular weight is 258 g/mol. The Balaban J connectivity index is 1.47. The molecule has 1 aliphatic heterocycles. The van der Waals surface area contributed by atoms with Crippen LogP contribution < -0.4 is 10.2 Å². The molecule has 19 heavy (non-hydrogen) atoms. The number of nitrogens with zero attached hydrogens (tertiary/aromatic N) is 1. The Kier molecular flexibility index (Phi) is 4.07. The molecule has 104 valence electrons. The predicted molar refractivity (Wildman–Crippen MR) is 81.8 cm³/mol. The minimum atomic E-state index is 0.670. The molecule has 1 aromatic rings. The summed E-state index contributed by atoms with van der Waals surface area (Å²) in [6, 6.07) is 10.4. The molecule has 0 spiro atoms. The van der Waals surface area contributed by atoms with Crippen molar-refractivity contribution in [3.8, 4) is 0 Å². The van der Waals surface area contributed by atoms with E-state index in [2.05, 4.69) is 41.4 Å². The number of fused-ring (bicyclic) bond motifs is 1. The molecule has 0 aromatic heterocycles. The van der Waals surface area contributed by atoms with E-state index in [1.165, 1.54) is 62.9 Å². The van der Waals surface area contributed by atoms with Gasteiger partial charge in [-0.15, -0.1) is 0 Å². The molecule has 2 heteroatoms. The Morgan fingerprint density at radius 1 is 1.21 bits per heavy atom. The van der Waals surface area contributed by atoms with Gasteiger partial charge in [0.2, 0.25) is 0 Å². The molecule has 3 rings (SSSR count). The molecule has 1 saturated carbocycles. The number of para-hydroxylation sites is 1. The summed E-state index contributed by atoms with van der Waals surface area (Å²) in [7, 11) is 0. The van der Waals surface area contributed by atoms with Crippen LogP contribution in [0.15, 0.2) is 24.3 Å². The molecule has 1 unspecified atom stereocenters. The van der Waals surface area contributed by atoms with Gasteiger partial charge in [-0.25, -0.2) is 0 Å². The Hall–Kier alpha value is -1.02. The van der Waals surface area contributed by atoms with Crippen LogP contribution in [0.25, 0.3) is 0 Å². The fraction of sp³-hybridized carbons (Fsp3) is 0.647. The minimum Gasteiger partial charge on any atom is -0.368 e. The van der Waals surface area contributed by atoms with E-state index < -0.39 is 0 Å². The summed E-state index contributed by atoms with van der Waals surface area (Å²) >= 11 is 0. The third kappa shape index (κ3) is 2.94. The zero-order valence-electron chi connectivity index (χ0n) is 12.1. The lowest BCUT2D eigenvalue weighted by atomic mass is 10.1. The molecule has 2 aliphatic rings. The van der Waals surface area contributed by atoms with Crippen molar-refractivity contribution in [3.63, 3.8) is 0 Å². The van der Waals surface area contributed by atoms with Crippen LogP contribution in [0.1, 0.15) is 44.6 Å². The molecular weight excluding hydrogens is 232 g/mol. The number of hydrogen-bond donors (Lipinski definition) is 1. The van der Waals surface area contributed by atoms with Gasteiger partial charge in [0.05, 0.1) is 0 Å². The Bertz CT molecular complexity index is 409. The summed E-state index contributed by atoms with van der Waals surface area (Å²) in [5.74, 6) is 0. The monoisotopic (exact) mass is 258 g/mol. The first kappa shape index (κ1) is 13.0. The summed E-state index contributed by atoms with van der Waals surface area (Å²) in [4.78, 5) is 2.59. The maximum absolute atomic E-state index is 3.72. The SMILES string of the molecule is CC1Cc2ccccc2N1CCCNC1CCCC1. The molecule has 1 fully saturated rings. The second-order valence-corrected chi connectivity index (χ2v) is 6.16. The number of nitrogens with one attached hydrogen (secondary N) is 1. The topological polar surface area (TPSA) is 15.3 Å². The smallest absolute Gasteiger partial charge is 0.0402 e. The highest BCUT2D eigenvalue weighted by Crippen LogP contribution is 2.31. The van der Waals surface area contributed by atoms with Crippen LogP contribution in [0.2, 0.25) is 0 Å². The zero-order valence-corrected chi connectivity index (χ0v) is 12.1. The van der Waals surface area contributed by atoms with Crippen molar-refractivity contribution in [1.82, 2.24) is 5.32 Å². The number of benzene rings is 1. The van der Waals surface area contributed by atoms with E-state index in [4.69, 9.17) is 0 Å². The van der Waals surface area contributed by atoms with Gasteiger partial charge in [0.25, 0.3) is 0 Å². The fourth-order valence-corrected chi connectivity index (χ4v) is 3.66. The number of rotatable bonds is 5. The lowest BCUT2D eigenvalue weighted by Crippen LogP contribution is -2.34. The molecule has 0 amide bonds. The van der Waals surface area contributed by atoms with E-state index in [0.29, 0.717) is 6.04 Å². The van der Waals surface area contributed by atoms with Crippen LogP contribution in [-0.2, 0) is 6.42 Å². The van der Waals surface area contributed by atoms with Crippen molar-refractivity contribution in [2.24, 2.45) is 0 Å². The second kappa shape index (κ2) is 5.96. The van der Waals surface area contributed by atoms with Crippen LogP contribution >= 0.6 is 0 Å². The van der Waals surface area contributed by atoms with Gasteiger partial charge >= 0.3 is 0 Å². The first-order chi connectivity index (χ1) is 9.34. The standard InChI is InChI=1S/C17H26N2/c1-14-13-15-7-2-5-10-17(15)19(14)12-6-11-18-16-8-3-4-9-16/h2,5,7,10,14,16,18H,3-4,6,8-9,11-13H2,1H3. The molecule has 2 nitrogen and oxygen atoms in total. The molecule has 1 heterocycles. The van der Waals surface area contributed by atoms with Crippen molar-refractivity contribution < 1.29 is 0 Å². The molecule has 1 aliphatic carbocycles. The molecule has 1 aromatic carbocycles. The van der Waals surface area contributed by atoms with Gasteiger partial charge in [-0.05, 0) is 50.8 Å². The van der Waals surface area contributed by atoms with Crippen LogP contribution in [0.5, 0.6) is 0 Å². The molecule has 1 atom stereocenters. The summed E-state index contributed by atoms with van der Waals surface area (Å²) in [6.07, 6.45) is 8.11. The van der Waals surface area contributed by atoms with Gasteiger partial charge in [-0.2, -0.15) is 0 Å². The van der Waals surface area contributed by atoms with E-state index in [0.717, 1.165) is 6.04 Å². The van der Waals surface area contributed by atoms with Crippen LogP contribution in [0.4, 0.5) is 5.69 Å². The van der Waals surface area contributed by atoms with E-state index in [-0.39, 0.29) is 0 Å². The zero-order chi connectivity index (χ0) is 13.1. The molecule has 1 N–H and O–H groups in total. The Morgan fingerprint density at radius 3 is 2.84 bits per heavy atom. The maximum atomic E-state index is 3.72. The molecular formula is C17H26N2. The van der Waals surface area contributed by atoms with Gasteiger partial charge in [0.1, 0.15) is 0 Å². The van der Waals surface area contributed by atoms with Crippen LogP contribution in [0.3, 0.4) is 0 Å². The highest BCUT2D eigenvalue weighted by molar-refractivity contribution is 5.59.